The third-order valence-electron chi connectivity index (χ3n) is 4.34. The predicted octanol–water partition coefficient (Wildman–Crippen LogP) is 1.25. The molecule has 0 N–H and O–H groups in total. The van der Waals surface area contributed by atoms with E-state index in [1.54, 1.807) is 18.5 Å². The average molecular weight is 303 g/mol. The first-order chi connectivity index (χ1) is 10.6. The second-order valence-corrected chi connectivity index (χ2v) is 6.06. The summed E-state index contributed by atoms with van der Waals surface area (Å²) >= 11 is 0. The molecule has 6 heteroatoms. The Labute approximate surface area is 130 Å². The fourth-order valence-electron chi connectivity index (χ4n) is 2.87. The Morgan fingerprint density at radius 1 is 1.18 bits per heavy atom. The summed E-state index contributed by atoms with van der Waals surface area (Å²) in [5, 5.41) is 4.32. The third-order valence-corrected chi connectivity index (χ3v) is 4.34. The van der Waals surface area contributed by atoms with Crippen molar-refractivity contribution < 1.29 is 4.39 Å². The topological polar surface area (TPSA) is 37.2 Å². The summed E-state index contributed by atoms with van der Waals surface area (Å²) in [6.07, 6.45) is 2.48. The Kier molecular flexibility index (Phi) is 4.49. The van der Waals surface area contributed by atoms with Gasteiger partial charge in [-0.1, -0.05) is 12.1 Å². The van der Waals surface area contributed by atoms with Crippen LogP contribution in [0, 0.1) is 5.82 Å². The molecule has 1 fully saturated rings. The van der Waals surface area contributed by atoms with Gasteiger partial charge in [0.05, 0.1) is 6.54 Å². The molecule has 0 aliphatic carbocycles. The number of halogens is 1. The maximum absolute atomic E-state index is 13.0. The van der Waals surface area contributed by atoms with Crippen molar-refractivity contribution in [3.63, 3.8) is 0 Å². The largest absolute Gasteiger partial charge is 0.304 e. The molecule has 0 saturated carbocycles. The molecular formula is C16H22FN5. The quantitative estimate of drug-likeness (QED) is 0.852. The van der Waals surface area contributed by atoms with Gasteiger partial charge in [0.1, 0.15) is 18.0 Å². The molecule has 1 aromatic heterocycles. The Balaban J connectivity index is 1.70. The van der Waals surface area contributed by atoms with Gasteiger partial charge in [-0.3, -0.25) is 0 Å². The Bertz CT molecular complexity index is 609. The summed E-state index contributed by atoms with van der Waals surface area (Å²) in [6, 6.07) is 7.00. The minimum absolute atomic E-state index is 0.213. The van der Waals surface area contributed by atoms with Gasteiger partial charge in [0.25, 0.3) is 0 Å². The lowest BCUT2D eigenvalue weighted by molar-refractivity contribution is 0.112. The molecule has 1 aliphatic heterocycles. The van der Waals surface area contributed by atoms with Gasteiger partial charge in [0.2, 0.25) is 0 Å². The minimum atomic E-state index is -0.213. The van der Waals surface area contributed by atoms with E-state index in [1.165, 1.54) is 12.1 Å². The minimum Gasteiger partial charge on any atom is -0.304 e. The second kappa shape index (κ2) is 6.54. The number of likely N-dealkylation sites (N-methyl/N-ethyl adjacent to an activating group) is 2. The van der Waals surface area contributed by atoms with Gasteiger partial charge in [-0.25, -0.2) is 14.1 Å². The second-order valence-electron chi connectivity index (χ2n) is 6.06. The Hall–Kier alpha value is -1.79. The maximum Gasteiger partial charge on any atom is 0.138 e. The van der Waals surface area contributed by atoms with Gasteiger partial charge in [-0.2, -0.15) is 5.10 Å². The highest BCUT2D eigenvalue weighted by Gasteiger charge is 2.24. The average Bonchev–Trinajstić information content (AvgIpc) is 2.92. The maximum atomic E-state index is 13.0. The highest BCUT2D eigenvalue weighted by molar-refractivity contribution is 5.16. The SMILES string of the molecule is CN1CCN(C)C(Cc2ncnn2Cc2ccc(F)cc2)C1. The van der Waals surface area contributed by atoms with Crippen molar-refractivity contribution in [1.29, 1.82) is 0 Å². The summed E-state index contributed by atoms with van der Waals surface area (Å²) in [5.41, 5.74) is 1.03. The monoisotopic (exact) mass is 303 g/mol. The molecule has 22 heavy (non-hydrogen) atoms. The van der Waals surface area contributed by atoms with E-state index in [1.807, 2.05) is 4.68 Å². The third kappa shape index (κ3) is 3.51. The molecule has 1 aliphatic rings. The van der Waals surface area contributed by atoms with Crippen LogP contribution in [0.1, 0.15) is 11.4 Å². The van der Waals surface area contributed by atoms with Crippen molar-refractivity contribution in [2.45, 2.75) is 19.0 Å². The highest BCUT2D eigenvalue weighted by atomic mass is 19.1. The molecular weight excluding hydrogens is 281 g/mol. The van der Waals surface area contributed by atoms with Crippen molar-refractivity contribution >= 4 is 0 Å². The van der Waals surface area contributed by atoms with E-state index in [2.05, 4.69) is 34.0 Å². The highest BCUT2D eigenvalue weighted by Crippen LogP contribution is 2.12. The van der Waals surface area contributed by atoms with Crippen LogP contribution in [0.2, 0.25) is 0 Å². The molecule has 0 radical (unpaired) electrons. The van der Waals surface area contributed by atoms with Gasteiger partial charge in [-0.15, -0.1) is 0 Å². The molecule has 0 bridgehead atoms. The van der Waals surface area contributed by atoms with Gasteiger partial charge in [0, 0.05) is 32.1 Å². The Morgan fingerprint density at radius 2 is 1.95 bits per heavy atom. The lowest BCUT2D eigenvalue weighted by atomic mass is 10.1. The molecule has 2 aromatic rings. The molecule has 1 saturated heterocycles. The van der Waals surface area contributed by atoms with Crippen LogP contribution in [0.3, 0.4) is 0 Å². The molecule has 1 atom stereocenters. The molecule has 1 unspecified atom stereocenters. The lowest BCUT2D eigenvalue weighted by Gasteiger charge is -2.37. The molecule has 2 heterocycles. The number of piperazine rings is 1. The van der Waals surface area contributed by atoms with Crippen LogP contribution >= 0.6 is 0 Å². The molecule has 118 valence electrons. The van der Waals surface area contributed by atoms with Crippen LogP contribution in [0.4, 0.5) is 4.39 Å². The number of rotatable bonds is 4. The first-order valence-electron chi connectivity index (χ1n) is 7.62. The van der Waals surface area contributed by atoms with Crippen LogP contribution in [0.5, 0.6) is 0 Å². The van der Waals surface area contributed by atoms with Crippen LogP contribution in [-0.2, 0) is 13.0 Å². The summed E-state index contributed by atoms with van der Waals surface area (Å²) in [6.45, 7) is 3.85. The van der Waals surface area contributed by atoms with E-state index in [4.69, 9.17) is 0 Å². The van der Waals surface area contributed by atoms with Crippen molar-refractivity contribution in [1.82, 2.24) is 24.6 Å². The van der Waals surface area contributed by atoms with Gasteiger partial charge in [0.15, 0.2) is 0 Å². The van der Waals surface area contributed by atoms with E-state index in [9.17, 15) is 4.39 Å². The van der Waals surface area contributed by atoms with Crippen molar-refractivity contribution in [3.05, 3.63) is 47.8 Å². The fourth-order valence-corrected chi connectivity index (χ4v) is 2.87. The van der Waals surface area contributed by atoms with Crippen LogP contribution in [0.25, 0.3) is 0 Å². The van der Waals surface area contributed by atoms with Crippen molar-refractivity contribution in [2.75, 3.05) is 33.7 Å². The van der Waals surface area contributed by atoms with E-state index < -0.39 is 0 Å². The van der Waals surface area contributed by atoms with Crippen molar-refractivity contribution in [3.8, 4) is 0 Å². The van der Waals surface area contributed by atoms with E-state index >= 15 is 0 Å². The first kappa shape index (κ1) is 15.1. The standard InChI is InChI=1S/C16H22FN5/c1-20-7-8-21(2)15(11-20)9-16-18-12-19-22(16)10-13-3-5-14(17)6-4-13/h3-6,12,15H,7-11H2,1-2H3. The number of hydrogen-bond acceptors (Lipinski definition) is 4. The lowest BCUT2D eigenvalue weighted by Crippen LogP contribution is -2.51. The van der Waals surface area contributed by atoms with Gasteiger partial charge < -0.3 is 9.80 Å². The number of hydrogen-bond donors (Lipinski definition) is 0. The summed E-state index contributed by atoms with van der Waals surface area (Å²) < 4.78 is 14.9. The zero-order valence-electron chi connectivity index (χ0n) is 13.1. The summed E-state index contributed by atoms with van der Waals surface area (Å²) in [4.78, 5) is 9.15. The number of benzene rings is 1. The molecule has 0 spiro atoms. The molecule has 0 amide bonds. The van der Waals surface area contributed by atoms with Crippen LogP contribution in [0.15, 0.2) is 30.6 Å². The summed E-state index contributed by atoms with van der Waals surface area (Å²) in [7, 11) is 4.32. The zero-order valence-corrected chi connectivity index (χ0v) is 13.1. The number of aromatic nitrogens is 3. The molecule has 1 aromatic carbocycles. The van der Waals surface area contributed by atoms with E-state index in [0.29, 0.717) is 12.6 Å². The Morgan fingerprint density at radius 3 is 2.73 bits per heavy atom. The number of nitrogens with zero attached hydrogens (tertiary/aromatic N) is 5. The molecule has 3 rings (SSSR count). The summed E-state index contributed by atoms with van der Waals surface area (Å²) in [5.74, 6) is 0.769. The molecule has 5 nitrogen and oxygen atoms in total. The fraction of sp³-hybridized carbons (Fsp3) is 0.500. The van der Waals surface area contributed by atoms with E-state index in [0.717, 1.165) is 37.4 Å². The van der Waals surface area contributed by atoms with Crippen molar-refractivity contribution in [2.24, 2.45) is 0 Å². The predicted molar refractivity (Wildman–Crippen MR) is 83.1 cm³/mol. The van der Waals surface area contributed by atoms with Crippen LogP contribution < -0.4 is 0 Å². The van der Waals surface area contributed by atoms with Crippen LogP contribution in [-0.4, -0.2) is 64.3 Å². The van der Waals surface area contributed by atoms with Gasteiger partial charge >= 0.3 is 0 Å². The zero-order chi connectivity index (χ0) is 15.5. The first-order valence-corrected chi connectivity index (χ1v) is 7.62. The smallest absolute Gasteiger partial charge is 0.138 e. The van der Waals surface area contributed by atoms with Gasteiger partial charge in [-0.05, 0) is 31.8 Å². The normalized spacial score (nSPS) is 20.4. The van der Waals surface area contributed by atoms with E-state index in [-0.39, 0.29) is 5.82 Å².